The van der Waals surface area contributed by atoms with E-state index in [1.807, 2.05) is 12.1 Å². The summed E-state index contributed by atoms with van der Waals surface area (Å²) in [5.41, 5.74) is 2.24. The van der Waals surface area contributed by atoms with Crippen LogP contribution in [0.2, 0.25) is 5.15 Å². The van der Waals surface area contributed by atoms with Crippen LogP contribution in [0.15, 0.2) is 18.2 Å². The van der Waals surface area contributed by atoms with Crippen LogP contribution >= 0.6 is 11.6 Å². The number of para-hydroxylation sites is 1. The Balaban J connectivity index is 1.89. The first-order valence-corrected chi connectivity index (χ1v) is 6.27. The molecule has 1 aliphatic rings. The van der Waals surface area contributed by atoms with Gasteiger partial charge in [-0.3, -0.25) is 10.00 Å². The molecule has 2 heterocycles. The average Bonchev–Trinajstić information content (AvgIpc) is 2.74. The molecular weight excluding hydrogens is 236 g/mol. The van der Waals surface area contributed by atoms with Gasteiger partial charge in [0.25, 0.3) is 0 Å². The summed E-state index contributed by atoms with van der Waals surface area (Å²) >= 11 is 6.05. The Morgan fingerprint density at radius 2 is 2.12 bits per heavy atom. The van der Waals surface area contributed by atoms with E-state index in [1.54, 1.807) is 0 Å². The Bertz CT molecular complexity index is 516. The second-order valence-corrected chi connectivity index (χ2v) is 4.76. The summed E-state index contributed by atoms with van der Waals surface area (Å²) in [6.07, 6.45) is 0. The molecule has 3 rings (SSSR count). The second-order valence-electron chi connectivity index (χ2n) is 4.38. The number of aromatic amines is 1. The van der Waals surface area contributed by atoms with Crippen molar-refractivity contribution >= 4 is 22.5 Å². The van der Waals surface area contributed by atoms with Crippen LogP contribution in [-0.4, -0.2) is 41.3 Å². The number of benzene rings is 1. The maximum atomic E-state index is 6.05. The van der Waals surface area contributed by atoms with Crippen molar-refractivity contribution in [2.45, 2.75) is 6.54 Å². The number of hydrogen-bond donors (Lipinski definition) is 2. The Morgan fingerprint density at radius 1 is 1.29 bits per heavy atom. The Morgan fingerprint density at radius 3 is 2.94 bits per heavy atom. The number of nitrogens with one attached hydrogen (secondary N) is 2. The lowest BCUT2D eigenvalue weighted by Gasteiger charge is -2.27. The Kier molecular flexibility index (Phi) is 3.01. The van der Waals surface area contributed by atoms with E-state index in [-0.39, 0.29) is 0 Å². The molecule has 90 valence electrons. The lowest BCUT2D eigenvalue weighted by molar-refractivity contribution is 0.234. The molecule has 17 heavy (non-hydrogen) atoms. The van der Waals surface area contributed by atoms with Gasteiger partial charge in [0, 0.05) is 38.1 Å². The Labute approximate surface area is 105 Å². The van der Waals surface area contributed by atoms with Gasteiger partial charge >= 0.3 is 0 Å². The summed E-state index contributed by atoms with van der Waals surface area (Å²) in [4.78, 5) is 2.44. The number of nitrogens with zero attached hydrogens (tertiary/aromatic N) is 2. The standard InChI is InChI=1S/C12H15ClN4/c13-12-10-3-1-2-9(11(10)15-16-12)8-17-6-4-14-5-7-17/h1-3,14H,4-8H2,(H,15,16). The fourth-order valence-corrected chi connectivity index (χ4v) is 2.50. The number of rotatable bonds is 2. The van der Waals surface area contributed by atoms with Gasteiger partial charge in [-0.1, -0.05) is 23.7 Å². The number of hydrogen-bond acceptors (Lipinski definition) is 3. The van der Waals surface area contributed by atoms with Crippen molar-refractivity contribution in [1.82, 2.24) is 20.4 Å². The van der Waals surface area contributed by atoms with E-state index in [1.165, 1.54) is 5.56 Å². The molecular formula is C12H15ClN4. The van der Waals surface area contributed by atoms with Crippen molar-refractivity contribution in [3.8, 4) is 0 Å². The molecule has 2 N–H and O–H groups in total. The van der Waals surface area contributed by atoms with E-state index in [9.17, 15) is 0 Å². The smallest absolute Gasteiger partial charge is 0.132 e. The largest absolute Gasteiger partial charge is 0.314 e. The molecule has 1 aromatic heterocycles. The maximum absolute atomic E-state index is 6.05. The number of halogens is 1. The van der Waals surface area contributed by atoms with Gasteiger partial charge in [-0.05, 0) is 11.6 Å². The third-order valence-electron chi connectivity index (χ3n) is 3.23. The first-order chi connectivity index (χ1) is 8.34. The van der Waals surface area contributed by atoms with E-state index in [4.69, 9.17) is 11.6 Å². The number of aromatic nitrogens is 2. The third-order valence-corrected chi connectivity index (χ3v) is 3.51. The average molecular weight is 251 g/mol. The van der Waals surface area contributed by atoms with Crippen molar-refractivity contribution in [2.75, 3.05) is 26.2 Å². The predicted octanol–water partition coefficient (Wildman–Crippen LogP) is 1.62. The molecule has 4 nitrogen and oxygen atoms in total. The van der Waals surface area contributed by atoms with Crippen LogP contribution in [0.5, 0.6) is 0 Å². The number of H-pyrrole nitrogens is 1. The normalized spacial score (nSPS) is 17.7. The SMILES string of the molecule is Clc1[nH]nc2c(CN3CCNCC3)cccc12. The summed E-state index contributed by atoms with van der Waals surface area (Å²) < 4.78 is 0. The minimum absolute atomic E-state index is 0.627. The minimum atomic E-state index is 0.627. The van der Waals surface area contributed by atoms with Gasteiger partial charge in [0.15, 0.2) is 0 Å². The molecule has 0 saturated carbocycles. The summed E-state index contributed by atoms with van der Waals surface area (Å²) in [6, 6.07) is 6.17. The van der Waals surface area contributed by atoms with Crippen molar-refractivity contribution in [3.05, 3.63) is 28.9 Å². The fourth-order valence-electron chi connectivity index (χ4n) is 2.30. The fraction of sp³-hybridized carbons (Fsp3) is 0.417. The van der Waals surface area contributed by atoms with E-state index in [0.29, 0.717) is 5.15 Å². The second kappa shape index (κ2) is 4.64. The van der Waals surface area contributed by atoms with Crippen LogP contribution in [0.4, 0.5) is 0 Å². The number of piperazine rings is 1. The monoisotopic (exact) mass is 250 g/mol. The van der Waals surface area contributed by atoms with Crippen molar-refractivity contribution in [2.24, 2.45) is 0 Å². The molecule has 0 unspecified atom stereocenters. The minimum Gasteiger partial charge on any atom is -0.314 e. The van der Waals surface area contributed by atoms with E-state index >= 15 is 0 Å². The summed E-state index contributed by atoms with van der Waals surface area (Å²) in [6.45, 7) is 5.26. The van der Waals surface area contributed by atoms with Gasteiger partial charge in [-0.25, -0.2) is 0 Å². The van der Waals surface area contributed by atoms with Crippen molar-refractivity contribution < 1.29 is 0 Å². The first-order valence-electron chi connectivity index (χ1n) is 5.89. The molecule has 0 spiro atoms. The molecule has 1 aromatic carbocycles. The van der Waals surface area contributed by atoms with Gasteiger partial charge in [0.1, 0.15) is 5.15 Å². The highest BCUT2D eigenvalue weighted by molar-refractivity contribution is 6.34. The molecule has 1 aliphatic heterocycles. The van der Waals surface area contributed by atoms with Gasteiger partial charge in [0.05, 0.1) is 5.52 Å². The lowest BCUT2D eigenvalue weighted by Crippen LogP contribution is -2.42. The zero-order chi connectivity index (χ0) is 11.7. The topological polar surface area (TPSA) is 44.0 Å². The summed E-state index contributed by atoms with van der Waals surface area (Å²) in [7, 11) is 0. The number of fused-ring (bicyclic) bond motifs is 1. The lowest BCUT2D eigenvalue weighted by atomic mass is 10.1. The first kappa shape index (κ1) is 11.0. The molecule has 1 fully saturated rings. The third kappa shape index (κ3) is 2.16. The zero-order valence-electron chi connectivity index (χ0n) is 9.54. The maximum Gasteiger partial charge on any atom is 0.132 e. The molecule has 0 radical (unpaired) electrons. The van der Waals surface area contributed by atoms with Gasteiger partial charge in [-0.15, -0.1) is 0 Å². The predicted molar refractivity (Wildman–Crippen MR) is 69.3 cm³/mol. The van der Waals surface area contributed by atoms with Crippen molar-refractivity contribution in [3.63, 3.8) is 0 Å². The van der Waals surface area contributed by atoms with E-state index in [2.05, 4.69) is 26.5 Å². The van der Waals surface area contributed by atoms with E-state index < -0.39 is 0 Å². The van der Waals surface area contributed by atoms with Crippen LogP contribution < -0.4 is 5.32 Å². The molecule has 0 aliphatic carbocycles. The highest BCUT2D eigenvalue weighted by Gasteiger charge is 2.13. The van der Waals surface area contributed by atoms with Crippen molar-refractivity contribution in [1.29, 1.82) is 0 Å². The van der Waals surface area contributed by atoms with Crippen LogP contribution in [0, 0.1) is 0 Å². The quantitative estimate of drug-likeness (QED) is 0.852. The van der Waals surface area contributed by atoms with Crippen LogP contribution in [0.25, 0.3) is 10.9 Å². The van der Waals surface area contributed by atoms with Gasteiger partial charge in [-0.2, -0.15) is 5.10 Å². The van der Waals surface area contributed by atoms with Gasteiger partial charge in [0.2, 0.25) is 0 Å². The van der Waals surface area contributed by atoms with Gasteiger partial charge < -0.3 is 5.32 Å². The Hall–Kier alpha value is -1.10. The summed E-state index contributed by atoms with van der Waals surface area (Å²) in [5.74, 6) is 0. The van der Waals surface area contributed by atoms with Crippen LogP contribution in [0.1, 0.15) is 5.56 Å². The molecule has 1 saturated heterocycles. The van der Waals surface area contributed by atoms with Crippen LogP contribution in [-0.2, 0) is 6.54 Å². The molecule has 0 atom stereocenters. The highest BCUT2D eigenvalue weighted by Crippen LogP contribution is 2.24. The van der Waals surface area contributed by atoms with E-state index in [0.717, 1.165) is 43.6 Å². The van der Waals surface area contributed by atoms with Crippen LogP contribution in [0.3, 0.4) is 0 Å². The molecule has 0 amide bonds. The molecule has 2 aromatic rings. The molecule has 5 heteroatoms. The zero-order valence-corrected chi connectivity index (χ0v) is 10.3. The highest BCUT2D eigenvalue weighted by atomic mass is 35.5. The molecule has 0 bridgehead atoms. The summed E-state index contributed by atoms with van der Waals surface area (Å²) in [5, 5.41) is 12.1.